The zero-order valence-corrected chi connectivity index (χ0v) is 11.0. The smallest absolute Gasteiger partial charge is 0.308 e. The van der Waals surface area contributed by atoms with Crippen LogP contribution in [0.1, 0.15) is 33.1 Å². The first-order valence-electron chi connectivity index (χ1n) is 5.81. The number of aliphatic carboxylic acids is 1. The first-order valence-corrected chi connectivity index (χ1v) is 7.30. The molecule has 1 saturated carbocycles. The first-order chi connectivity index (χ1) is 7.82. The third-order valence-electron chi connectivity index (χ3n) is 2.82. The molecular formula is C10H20N2O4S. The van der Waals surface area contributed by atoms with Gasteiger partial charge in [0.15, 0.2) is 0 Å². The quantitative estimate of drug-likeness (QED) is 0.644. The molecule has 0 aromatic carbocycles. The molecule has 0 bridgehead atoms. The fourth-order valence-electron chi connectivity index (χ4n) is 1.91. The summed E-state index contributed by atoms with van der Waals surface area (Å²) in [7, 11) is -3.59. The van der Waals surface area contributed by atoms with Crippen LogP contribution in [-0.4, -0.2) is 32.1 Å². The van der Waals surface area contributed by atoms with Crippen molar-refractivity contribution in [1.82, 2.24) is 9.44 Å². The highest BCUT2D eigenvalue weighted by Gasteiger charge is 2.35. The Morgan fingerprint density at radius 3 is 2.59 bits per heavy atom. The molecule has 0 heterocycles. The minimum absolute atomic E-state index is 0.213. The molecule has 0 saturated heterocycles. The first kappa shape index (κ1) is 14.4. The molecular weight excluding hydrogens is 244 g/mol. The molecule has 1 aliphatic carbocycles. The Bertz CT molecular complexity index is 367. The maximum absolute atomic E-state index is 11.6. The van der Waals surface area contributed by atoms with E-state index in [1.165, 1.54) is 0 Å². The Kier molecular flexibility index (Phi) is 4.91. The van der Waals surface area contributed by atoms with Gasteiger partial charge in [0.2, 0.25) is 0 Å². The Balaban J connectivity index is 2.55. The van der Waals surface area contributed by atoms with Crippen molar-refractivity contribution in [3.05, 3.63) is 0 Å². The lowest BCUT2D eigenvalue weighted by molar-refractivity contribution is -0.141. The second-order valence-electron chi connectivity index (χ2n) is 4.85. The van der Waals surface area contributed by atoms with E-state index in [1.807, 2.05) is 13.8 Å². The zero-order valence-electron chi connectivity index (χ0n) is 10.1. The van der Waals surface area contributed by atoms with Gasteiger partial charge < -0.3 is 5.11 Å². The van der Waals surface area contributed by atoms with Crippen LogP contribution in [0.5, 0.6) is 0 Å². The number of hydrogen-bond donors (Lipinski definition) is 3. The van der Waals surface area contributed by atoms with Gasteiger partial charge in [-0.15, -0.1) is 0 Å². The van der Waals surface area contributed by atoms with E-state index in [2.05, 4.69) is 9.44 Å². The molecule has 6 nitrogen and oxygen atoms in total. The molecule has 2 atom stereocenters. The number of carboxylic acid groups (broad SMARTS) is 1. The van der Waals surface area contributed by atoms with Gasteiger partial charge in [-0.25, -0.2) is 4.72 Å². The van der Waals surface area contributed by atoms with Gasteiger partial charge >= 0.3 is 5.97 Å². The van der Waals surface area contributed by atoms with E-state index in [0.717, 1.165) is 6.42 Å². The van der Waals surface area contributed by atoms with Crippen LogP contribution in [-0.2, 0) is 15.0 Å². The van der Waals surface area contributed by atoms with Gasteiger partial charge in [0.05, 0.1) is 5.92 Å². The molecule has 2 unspecified atom stereocenters. The topological polar surface area (TPSA) is 95.5 Å². The van der Waals surface area contributed by atoms with Gasteiger partial charge in [-0.05, 0) is 18.8 Å². The minimum Gasteiger partial charge on any atom is -0.481 e. The average Bonchev–Trinajstić information content (AvgIpc) is 2.62. The van der Waals surface area contributed by atoms with Crippen LogP contribution in [0, 0.1) is 11.8 Å². The monoisotopic (exact) mass is 264 g/mol. The van der Waals surface area contributed by atoms with Gasteiger partial charge in [0.1, 0.15) is 0 Å². The molecule has 0 aliphatic heterocycles. The van der Waals surface area contributed by atoms with E-state index in [4.69, 9.17) is 5.11 Å². The molecule has 1 rings (SSSR count). The predicted molar refractivity (Wildman–Crippen MR) is 63.7 cm³/mol. The molecule has 0 radical (unpaired) electrons. The maximum atomic E-state index is 11.6. The molecule has 7 heteroatoms. The second kappa shape index (κ2) is 5.79. The molecule has 0 amide bonds. The zero-order chi connectivity index (χ0) is 13.1. The Labute approximate surface area is 102 Å². The van der Waals surface area contributed by atoms with Crippen LogP contribution < -0.4 is 9.44 Å². The molecule has 0 spiro atoms. The summed E-state index contributed by atoms with van der Waals surface area (Å²) in [6, 6.07) is -0.489. The van der Waals surface area contributed by atoms with Crippen LogP contribution >= 0.6 is 0 Å². The van der Waals surface area contributed by atoms with Crippen molar-refractivity contribution in [2.45, 2.75) is 39.2 Å². The number of carbonyl (C=O) groups is 1. The molecule has 3 N–H and O–H groups in total. The summed E-state index contributed by atoms with van der Waals surface area (Å²) in [6.45, 7) is 4.15. The van der Waals surface area contributed by atoms with Gasteiger partial charge in [-0.3, -0.25) is 4.79 Å². The molecule has 17 heavy (non-hydrogen) atoms. The highest BCUT2D eigenvalue weighted by molar-refractivity contribution is 7.87. The van der Waals surface area contributed by atoms with Gasteiger partial charge in [0.25, 0.3) is 10.2 Å². The lowest BCUT2D eigenvalue weighted by Gasteiger charge is -2.18. The van der Waals surface area contributed by atoms with Crippen molar-refractivity contribution in [3.63, 3.8) is 0 Å². The van der Waals surface area contributed by atoms with Crippen molar-refractivity contribution in [3.8, 4) is 0 Å². The lowest BCUT2D eigenvalue weighted by atomic mass is 10.1. The summed E-state index contributed by atoms with van der Waals surface area (Å²) in [5.41, 5.74) is 0. The standard InChI is InChI=1S/C10H20N2O4S/c1-7(2)6-11-17(15,16)12-9-5-3-4-8(9)10(13)14/h7-9,11-12H,3-6H2,1-2H3,(H,13,14). The van der Waals surface area contributed by atoms with Gasteiger partial charge in [-0.2, -0.15) is 13.1 Å². The van der Waals surface area contributed by atoms with E-state index in [9.17, 15) is 13.2 Å². The van der Waals surface area contributed by atoms with Crippen molar-refractivity contribution in [2.75, 3.05) is 6.54 Å². The van der Waals surface area contributed by atoms with Crippen molar-refractivity contribution >= 4 is 16.2 Å². The summed E-state index contributed by atoms with van der Waals surface area (Å²) in [5.74, 6) is -1.32. The van der Waals surface area contributed by atoms with Crippen LogP contribution in [0.3, 0.4) is 0 Å². The summed E-state index contributed by atoms with van der Waals surface area (Å²) < 4.78 is 28.1. The van der Waals surface area contributed by atoms with Crippen molar-refractivity contribution in [1.29, 1.82) is 0 Å². The second-order valence-corrected chi connectivity index (χ2v) is 6.38. The van der Waals surface area contributed by atoms with E-state index in [-0.39, 0.29) is 5.92 Å². The molecule has 1 aliphatic rings. The van der Waals surface area contributed by atoms with Crippen molar-refractivity contribution < 1.29 is 18.3 Å². The van der Waals surface area contributed by atoms with E-state index >= 15 is 0 Å². The molecule has 100 valence electrons. The third kappa shape index (κ3) is 4.61. The van der Waals surface area contributed by atoms with E-state index in [1.54, 1.807) is 0 Å². The number of carboxylic acids is 1. The van der Waals surface area contributed by atoms with Crippen LogP contribution in [0.25, 0.3) is 0 Å². The highest BCUT2D eigenvalue weighted by Crippen LogP contribution is 2.26. The van der Waals surface area contributed by atoms with Gasteiger partial charge in [-0.1, -0.05) is 20.3 Å². The number of nitrogens with one attached hydrogen (secondary N) is 2. The average molecular weight is 264 g/mol. The van der Waals surface area contributed by atoms with E-state index < -0.39 is 28.1 Å². The van der Waals surface area contributed by atoms with Crippen LogP contribution in [0.2, 0.25) is 0 Å². The lowest BCUT2D eigenvalue weighted by Crippen LogP contribution is -2.46. The highest BCUT2D eigenvalue weighted by atomic mass is 32.2. The van der Waals surface area contributed by atoms with Crippen LogP contribution in [0.15, 0.2) is 0 Å². The number of rotatable bonds is 6. The summed E-state index contributed by atoms with van der Waals surface area (Å²) in [4.78, 5) is 10.9. The van der Waals surface area contributed by atoms with E-state index in [0.29, 0.717) is 19.4 Å². The molecule has 0 aromatic heterocycles. The summed E-state index contributed by atoms with van der Waals surface area (Å²) in [5, 5.41) is 8.94. The minimum atomic E-state index is -3.59. The van der Waals surface area contributed by atoms with Crippen molar-refractivity contribution in [2.24, 2.45) is 11.8 Å². The number of hydrogen-bond acceptors (Lipinski definition) is 3. The van der Waals surface area contributed by atoms with Gasteiger partial charge in [0, 0.05) is 12.6 Å². The third-order valence-corrected chi connectivity index (χ3v) is 3.98. The molecule has 0 aromatic rings. The summed E-state index contributed by atoms with van der Waals surface area (Å²) >= 11 is 0. The summed E-state index contributed by atoms with van der Waals surface area (Å²) in [6.07, 6.45) is 1.86. The Morgan fingerprint density at radius 2 is 2.06 bits per heavy atom. The molecule has 1 fully saturated rings. The maximum Gasteiger partial charge on any atom is 0.308 e. The normalized spacial score (nSPS) is 25.4. The fraction of sp³-hybridized carbons (Fsp3) is 0.900. The predicted octanol–water partition coefficient (Wildman–Crippen LogP) is 0.320. The fourth-order valence-corrected chi connectivity index (χ4v) is 3.23. The largest absolute Gasteiger partial charge is 0.481 e. The van der Waals surface area contributed by atoms with Crippen LogP contribution in [0.4, 0.5) is 0 Å². The SMILES string of the molecule is CC(C)CNS(=O)(=O)NC1CCCC1C(=O)O. The Morgan fingerprint density at radius 1 is 1.41 bits per heavy atom. The Hall–Kier alpha value is -0.660.